The number of nitrogens with zero attached hydrogens (tertiary/aromatic N) is 4. The monoisotopic (exact) mass is 405 g/mol. The smallest absolute Gasteiger partial charge is 0.194 e. The van der Waals surface area contributed by atoms with Crippen LogP contribution in [0, 0.1) is 6.92 Å². The quantitative estimate of drug-likeness (QED) is 0.568. The maximum atomic E-state index is 10.4. The molecule has 2 aromatic rings. The summed E-state index contributed by atoms with van der Waals surface area (Å²) >= 11 is 5.91. The van der Waals surface area contributed by atoms with Gasteiger partial charge in [0.15, 0.2) is 5.96 Å². The van der Waals surface area contributed by atoms with E-state index in [1.54, 1.807) is 12.1 Å². The van der Waals surface area contributed by atoms with E-state index in [1.807, 2.05) is 32.0 Å². The Kier molecular flexibility index (Phi) is 7.30. The molecule has 2 N–H and O–H groups in total. The van der Waals surface area contributed by atoms with E-state index in [9.17, 15) is 5.11 Å². The number of halogens is 1. The van der Waals surface area contributed by atoms with Crippen LogP contribution in [0.25, 0.3) is 0 Å². The first kappa shape index (κ1) is 20.6. The number of aryl methyl sites for hydroxylation is 1. The summed E-state index contributed by atoms with van der Waals surface area (Å²) in [5.41, 5.74) is 1.79. The standard InChI is InChI=1S/C20H28ClN5O2/c1-3-22-20(23-13-19(27)16-4-6-17(21)7-5-16)26-10-8-25(9-11-26)14-18-12-15(2)28-24-18/h4-7,12,19,27H,3,8-11,13-14H2,1-2H3,(H,22,23). The molecule has 1 atom stereocenters. The maximum Gasteiger partial charge on any atom is 0.194 e. The summed E-state index contributed by atoms with van der Waals surface area (Å²) in [7, 11) is 0. The molecule has 152 valence electrons. The zero-order valence-corrected chi connectivity index (χ0v) is 17.2. The van der Waals surface area contributed by atoms with E-state index < -0.39 is 6.10 Å². The molecule has 0 aliphatic carbocycles. The molecule has 1 aliphatic rings. The molecule has 1 aliphatic heterocycles. The third-order valence-electron chi connectivity index (χ3n) is 4.74. The summed E-state index contributed by atoms with van der Waals surface area (Å²) < 4.78 is 5.15. The number of nitrogens with one attached hydrogen (secondary N) is 1. The largest absolute Gasteiger partial charge is 0.386 e. The Morgan fingerprint density at radius 2 is 2.00 bits per heavy atom. The van der Waals surface area contributed by atoms with Gasteiger partial charge in [-0.2, -0.15) is 0 Å². The third-order valence-corrected chi connectivity index (χ3v) is 4.99. The fourth-order valence-corrected chi connectivity index (χ4v) is 3.35. The minimum atomic E-state index is -0.650. The van der Waals surface area contributed by atoms with Crippen molar-refractivity contribution in [2.75, 3.05) is 39.3 Å². The van der Waals surface area contributed by atoms with Crippen LogP contribution in [0.1, 0.15) is 30.0 Å². The molecular formula is C20H28ClN5O2. The highest BCUT2D eigenvalue weighted by Crippen LogP contribution is 2.17. The molecule has 3 rings (SSSR count). The Balaban J connectivity index is 1.54. The molecule has 1 fully saturated rings. The Morgan fingerprint density at radius 3 is 2.61 bits per heavy atom. The molecule has 0 spiro atoms. The van der Waals surface area contributed by atoms with Crippen LogP contribution in [-0.4, -0.2) is 65.3 Å². The molecular weight excluding hydrogens is 378 g/mol. The summed E-state index contributed by atoms with van der Waals surface area (Å²) in [5, 5.41) is 18.5. The molecule has 1 unspecified atom stereocenters. The summed E-state index contributed by atoms with van der Waals surface area (Å²) in [6, 6.07) is 9.21. The maximum absolute atomic E-state index is 10.4. The van der Waals surface area contributed by atoms with E-state index in [1.165, 1.54) is 0 Å². The molecule has 0 saturated carbocycles. The van der Waals surface area contributed by atoms with Crippen molar-refractivity contribution in [3.05, 3.63) is 52.4 Å². The summed E-state index contributed by atoms with van der Waals surface area (Å²) in [6.45, 7) is 9.46. The fourth-order valence-electron chi connectivity index (χ4n) is 3.23. The van der Waals surface area contributed by atoms with Gasteiger partial charge in [-0.3, -0.25) is 9.89 Å². The second-order valence-electron chi connectivity index (χ2n) is 6.95. The number of piperazine rings is 1. The number of aromatic nitrogens is 1. The van der Waals surface area contributed by atoms with Gasteiger partial charge in [0.05, 0.1) is 18.3 Å². The van der Waals surface area contributed by atoms with Crippen molar-refractivity contribution in [1.29, 1.82) is 0 Å². The Bertz CT molecular complexity index is 769. The Morgan fingerprint density at radius 1 is 1.29 bits per heavy atom. The lowest BCUT2D eigenvalue weighted by Gasteiger charge is -2.36. The van der Waals surface area contributed by atoms with E-state index in [0.717, 1.165) is 62.2 Å². The second kappa shape index (κ2) is 9.91. The van der Waals surface area contributed by atoms with Gasteiger partial charge in [0, 0.05) is 50.4 Å². The van der Waals surface area contributed by atoms with Crippen LogP contribution >= 0.6 is 11.6 Å². The molecule has 7 nitrogen and oxygen atoms in total. The number of rotatable bonds is 6. The number of guanidine groups is 1. The number of aliphatic hydroxyl groups excluding tert-OH is 1. The van der Waals surface area contributed by atoms with Crippen molar-refractivity contribution < 1.29 is 9.63 Å². The Labute approximate surface area is 171 Å². The lowest BCUT2D eigenvalue weighted by atomic mass is 10.1. The van der Waals surface area contributed by atoms with Gasteiger partial charge in [-0.1, -0.05) is 28.9 Å². The SMILES string of the molecule is CCNC(=NCC(O)c1ccc(Cl)cc1)N1CCN(Cc2cc(C)on2)CC1. The van der Waals surface area contributed by atoms with Crippen LogP contribution in [0.4, 0.5) is 0 Å². The minimum absolute atomic E-state index is 0.308. The van der Waals surface area contributed by atoms with Gasteiger partial charge < -0.3 is 19.8 Å². The second-order valence-corrected chi connectivity index (χ2v) is 7.39. The van der Waals surface area contributed by atoms with Gasteiger partial charge in [0.2, 0.25) is 0 Å². The number of hydrogen-bond acceptors (Lipinski definition) is 5. The lowest BCUT2D eigenvalue weighted by molar-refractivity contribution is 0.166. The van der Waals surface area contributed by atoms with Crippen LogP contribution in [0.15, 0.2) is 39.8 Å². The van der Waals surface area contributed by atoms with Crippen molar-refractivity contribution in [2.45, 2.75) is 26.5 Å². The third kappa shape index (κ3) is 5.70. The predicted molar refractivity (Wildman–Crippen MR) is 110 cm³/mol. The number of benzene rings is 1. The normalized spacial score (nSPS) is 17.0. The van der Waals surface area contributed by atoms with Gasteiger partial charge in [0.25, 0.3) is 0 Å². The minimum Gasteiger partial charge on any atom is -0.386 e. The molecule has 1 saturated heterocycles. The molecule has 8 heteroatoms. The molecule has 0 amide bonds. The lowest BCUT2D eigenvalue weighted by Crippen LogP contribution is -2.52. The van der Waals surface area contributed by atoms with Crippen LogP contribution in [-0.2, 0) is 6.54 Å². The van der Waals surface area contributed by atoms with Crippen LogP contribution in [0.2, 0.25) is 5.02 Å². The zero-order valence-electron chi connectivity index (χ0n) is 16.4. The number of aliphatic imine (C=N–C) groups is 1. The summed E-state index contributed by atoms with van der Waals surface area (Å²) in [6.07, 6.45) is -0.650. The molecule has 1 aromatic heterocycles. The first-order chi connectivity index (χ1) is 13.5. The highest BCUT2D eigenvalue weighted by Gasteiger charge is 2.21. The van der Waals surface area contributed by atoms with Crippen molar-refractivity contribution in [3.8, 4) is 0 Å². The van der Waals surface area contributed by atoms with Crippen molar-refractivity contribution in [3.63, 3.8) is 0 Å². The van der Waals surface area contributed by atoms with Gasteiger partial charge in [-0.05, 0) is 31.5 Å². The average molecular weight is 406 g/mol. The van der Waals surface area contributed by atoms with Crippen LogP contribution in [0.3, 0.4) is 0 Å². The van der Waals surface area contributed by atoms with Crippen molar-refractivity contribution >= 4 is 17.6 Å². The van der Waals surface area contributed by atoms with Crippen LogP contribution in [0.5, 0.6) is 0 Å². The topological polar surface area (TPSA) is 77.1 Å². The summed E-state index contributed by atoms with van der Waals surface area (Å²) in [4.78, 5) is 9.25. The average Bonchev–Trinajstić information content (AvgIpc) is 3.11. The van der Waals surface area contributed by atoms with E-state index in [2.05, 4.69) is 25.3 Å². The molecule has 1 aromatic carbocycles. The van der Waals surface area contributed by atoms with E-state index in [4.69, 9.17) is 16.1 Å². The van der Waals surface area contributed by atoms with E-state index >= 15 is 0 Å². The molecule has 2 heterocycles. The summed E-state index contributed by atoms with van der Waals surface area (Å²) in [5.74, 6) is 1.68. The fraction of sp³-hybridized carbons (Fsp3) is 0.500. The predicted octanol–water partition coefficient (Wildman–Crippen LogP) is 2.45. The molecule has 0 radical (unpaired) electrons. The van der Waals surface area contributed by atoms with Gasteiger partial charge in [-0.25, -0.2) is 0 Å². The van der Waals surface area contributed by atoms with Gasteiger partial charge >= 0.3 is 0 Å². The van der Waals surface area contributed by atoms with E-state index in [0.29, 0.717) is 11.6 Å². The number of aliphatic hydroxyl groups is 1. The first-order valence-electron chi connectivity index (χ1n) is 9.66. The first-order valence-corrected chi connectivity index (χ1v) is 10.0. The molecule has 0 bridgehead atoms. The van der Waals surface area contributed by atoms with Gasteiger partial charge in [-0.15, -0.1) is 0 Å². The van der Waals surface area contributed by atoms with E-state index in [-0.39, 0.29) is 0 Å². The van der Waals surface area contributed by atoms with Gasteiger partial charge in [0.1, 0.15) is 5.76 Å². The van der Waals surface area contributed by atoms with Crippen LogP contribution < -0.4 is 5.32 Å². The van der Waals surface area contributed by atoms with Crippen molar-refractivity contribution in [1.82, 2.24) is 20.3 Å². The van der Waals surface area contributed by atoms with Crippen molar-refractivity contribution in [2.24, 2.45) is 4.99 Å². The highest BCUT2D eigenvalue weighted by atomic mass is 35.5. The Hall–Kier alpha value is -2.09. The molecule has 28 heavy (non-hydrogen) atoms. The number of hydrogen-bond donors (Lipinski definition) is 2. The zero-order chi connectivity index (χ0) is 19.9. The highest BCUT2D eigenvalue weighted by molar-refractivity contribution is 6.30.